The van der Waals surface area contributed by atoms with Crippen molar-refractivity contribution in [2.75, 3.05) is 7.05 Å². The molecule has 0 unspecified atom stereocenters. The van der Waals surface area contributed by atoms with E-state index in [-0.39, 0.29) is 0 Å². The first-order chi connectivity index (χ1) is 7.31. The summed E-state index contributed by atoms with van der Waals surface area (Å²) >= 11 is 0. The maximum absolute atomic E-state index is 9.79. The van der Waals surface area contributed by atoms with Crippen molar-refractivity contribution < 1.29 is 5.11 Å². The molecule has 2 rings (SSSR count). The lowest BCUT2D eigenvalue weighted by molar-refractivity contribution is 0.472. The fraction of sp³-hybridized carbons (Fsp3) is 0.462. The Kier molecular flexibility index (Phi) is 3.05. The van der Waals surface area contributed by atoms with Gasteiger partial charge in [-0.2, -0.15) is 0 Å². The molecule has 0 saturated heterocycles. The van der Waals surface area contributed by atoms with Crippen LogP contribution < -0.4 is 0 Å². The van der Waals surface area contributed by atoms with Crippen molar-refractivity contribution in [2.45, 2.75) is 31.6 Å². The van der Waals surface area contributed by atoms with E-state index in [1.54, 1.807) is 13.3 Å². The monoisotopic (exact) mass is 203 g/mol. The van der Waals surface area contributed by atoms with Crippen LogP contribution >= 0.6 is 0 Å². The predicted octanol–water partition coefficient (Wildman–Crippen LogP) is 3.10. The zero-order valence-corrected chi connectivity index (χ0v) is 9.11. The molecule has 2 heteroatoms. The second-order valence-corrected chi connectivity index (χ2v) is 4.19. The van der Waals surface area contributed by atoms with Gasteiger partial charge in [0.05, 0.1) is 0 Å². The van der Waals surface area contributed by atoms with Crippen LogP contribution in [-0.4, -0.2) is 18.4 Å². The van der Waals surface area contributed by atoms with E-state index in [2.05, 4.69) is 11.1 Å². The highest BCUT2D eigenvalue weighted by Crippen LogP contribution is 2.35. The third-order valence-electron chi connectivity index (χ3n) is 3.15. The van der Waals surface area contributed by atoms with Crippen molar-refractivity contribution in [2.24, 2.45) is 4.99 Å². The molecule has 1 saturated carbocycles. The molecule has 1 N–H and O–H groups in total. The summed E-state index contributed by atoms with van der Waals surface area (Å²) in [6.07, 6.45) is 6.86. The molecule has 15 heavy (non-hydrogen) atoms. The van der Waals surface area contributed by atoms with Gasteiger partial charge in [-0.05, 0) is 36.5 Å². The number of aromatic hydroxyl groups is 1. The molecule has 2 nitrogen and oxygen atoms in total. The number of aliphatic imine (C=N–C) groups is 1. The minimum Gasteiger partial charge on any atom is -0.507 e. The topological polar surface area (TPSA) is 32.6 Å². The third kappa shape index (κ3) is 2.20. The fourth-order valence-corrected chi connectivity index (χ4v) is 2.32. The second-order valence-electron chi connectivity index (χ2n) is 4.19. The van der Waals surface area contributed by atoms with E-state index >= 15 is 0 Å². The largest absolute Gasteiger partial charge is 0.507 e. The standard InChI is InChI=1S/C13H17NO/c1-14-9-12-7-6-11(8-13(12)15)10-4-2-3-5-10/h6-10,15H,2-5H2,1H3. The molecule has 0 radical (unpaired) electrons. The van der Waals surface area contributed by atoms with Crippen molar-refractivity contribution in [3.63, 3.8) is 0 Å². The smallest absolute Gasteiger partial charge is 0.124 e. The fourth-order valence-electron chi connectivity index (χ4n) is 2.32. The van der Waals surface area contributed by atoms with Gasteiger partial charge in [-0.25, -0.2) is 0 Å². The highest BCUT2D eigenvalue weighted by Gasteiger charge is 2.17. The summed E-state index contributed by atoms with van der Waals surface area (Å²) in [6, 6.07) is 5.97. The van der Waals surface area contributed by atoms with Crippen LogP contribution in [0.4, 0.5) is 0 Å². The highest BCUT2D eigenvalue weighted by atomic mass is 16.3. The first-order valence-corrected chi connectivity index (χ1v) is 5.56. The van der Waals surface area contributed by atoms with Gasteiger partial charge in [0.2, 0.25) is 0 Å². The molecule has 0 aromatic heterocycles. The highest BCUT2D eigenvalue weighted by molar-refractivity contribution is 5.83. The maximum Gasteiger partial charge on any atom is 0.124 e. The summed E-state index contributed by atoms with van der Waals surface area (Å²) in [5, 5.41) is 9.79. The van der Waals surface area contributed by atoms with Crippen LogP contribution in [0.2, 0.25) is 0 Å². The molecule has 1 aliphatic rings. The zero-order chi connectivity index (χ0) is 10.7. The Labute approximate surface area is 90.7 Å². The SMILES string of the molecule is CN=Cc1ccc(C2CCCC2)cc1O. The number of hydrogen-bond acceptors (Lipinski definition) is 2. The second kappa shape index (κ2) is 4.47. The Bertz CT molecular complexity index is 365. The zero-order valence-electron chi connectivity index (χ0n) is 9.11. The van der Waals surface area contributed by atoms with Gasteiger partial charge in [0.1, 0.15) is 5.75 Å². The van der Waals surface area contributed by atoms with Crippen LogP contribution in [0, 0.1) is 0 Å². The van der Waals surface area contributed by atoms with Gasteiger partial charge in [0, 0.05) is 18.8 Å². The molecule has 1 aromatic carbocycles. The number of rotatable bonds is 2. The Hall–Kier alpha value is -1.31. The van der Waals surface area contributed by atoms with E-state index in [0.717, 1.165) is 5.56 Å². The van der Waals surface area contributed by atoms with Crippen molar-refractivity contribution in [1.29, 1.82) is 0 Å². The molecule has 0 bridgehead atoms. The summed E-state index contributed by atoms with van der Waals surface area (Å²) in [5.74, 6) is 1.01. The van der Waals surface area contributed by atoms with Crippen molar-refractivity contribution in [3.05, 3.63) is 29.3 Å². The minimum atomic E-state index is 0.352. The van der Waals surface area contributed by atoms with E-state index in [0.29, 0.717) is 11.7 Å². The Morgan fingerprint density at radius 1 is 1.33 bits per heavy atom. The molecule has 0 amide bonds. The van der Waals surface area contributed by atoms with Crippen LogP contribution in [0.15, 0.2) is 23.2 Å². The molecule has 80 valence electrons. The van der Waals surface area contributed by atoms with Crippen molar-refractivity contribution in [3.8, 4) is 5.75 Å². The van der Waals surface area contributed by atoms with Crippen LogP contribution in [0.5, 0.6) is 5.75 Å². The molecule has 1 fully saturated rings. The Morgan fingerprint density at radius 3 is 2.67 bits per heavy atom. The van der Waals surface area contributed by atoms with E-state index in [1.807, 2.05) is 12.1 Å². The van der Waals surface area contributed by atoms with Gasteiger partial charge in [0.15, 0.2) is 0 Å². The number of phenols is 1. The maximum atomic E-state index is 9.79. The number of benzene rings is 1. The van der Waals surface area contributed by atoms with Gasteiger partial charge in [-0.15, -0.1) is 0 Å². The first-order valence-electron chi connectivity index (χ1n) is 5.56. The molecule has 1 aromatic rings. The molecule has 0 spiro atoms. The lowest BCUT2D eigenvalue weighted by Gasteiger charge is -2.10. The minimum absolute atomic E-state index is 0.352. The predicted molar refractivity (Wildman–Crippen MR) is 62.8 cm³/mol. The van der Waals surface area contributed by atoms with Crippen LogP contribution in [0.1, 0.15) is 42.7 Å². The number of hydrogen-bond donors (Lipinski definition) is 1. The first kappa shape index (κ1) is 10.2. The average molecular weight is 203 g/mol. The molecular weight excluding hydrogens is 186 g/mol. The van der Waals surface area contributed by atoms with Gasteiger partial charge in [-0.1, -0.05) is 18.9 Å². The van der Waals surface area contributed by atoms with Crippen molar-refractivity contribution in [1.82, 2.24) is 0 Å². The normalized spacial score (nSPS) is 17.7. The molecular formula is C13H17NO. The van der Waals surface area contributed by atoms with E-state index < -0.39 is 0 Å². The van der Waals surface area contributed by atoms with E-state index in [1.165, 1.54) is 31.2 Å². The van der Waals surface area contributed by atoms with Crippen LogP contribution in [0.25, 0.3) is 0 Å². The quantitative estimate of drug-likeness (QED) is 0.736. The molecule has 1 aliphatic carbocycles. The Morgan fingerprint density at radius 2 is 2.07 bits per heavy atom. The average Bonchev–Trinajstić information content (AvgIpc) is 2.74. The van der Waals surface area contributed by atoms with Crippen LogP contribution in [0.3, 0.4) is 0 Å². The van der Waals surface area contributed by atoms with Crippen molar-refractivity contribution >= 4 is 6.21 Å². The van der Waals surface area contributed by atoms with Gasteiger partial charge < -0.3 is 5.11 Å². The van der Waals surface area contributed by atoms with Gasteiger partial charge in [0.25, 0.3) is 0 Å². The summed E-state index contributed by atoms with van der Waals surface area (Å²) in [5.41, 5.74) is 2.08. The molecule has 0 heterocycles. The van der Waals surface area contributed by atoms with Gasteiger partial charge in [-0.3, -0.25) is 4.99 Å². The molecule has 0 atom stereocenters. The summed E-state index contributed by atoms with van der Waals surface area (Å²) < 4.78 is 0. The summed E-state index contributed by atoms with van der Waals surface area (Å²) in [4.78, 5) is 3.91. The number of nitrogens with zero attached hydrogens (tertiary/aromatic N) is 1. The molecule has 0 aliphatic heterocycles. The van der Waals surface area contributed by atoms with E-state index in [4.69, 9.17) is 0 Å². The van der Waals surface area contributed by atoms with Gasteiger partial charge >= 0.3 is 0 Å². The summed E-state index contributed by atoms with van der Waals surface area (Å²) in [7, 11) is 1.71. The lowest BCUT2D eigenvalue weighted by Crippen LogP contribution is -1.93. The lowest BCUT2D eigenvalue weighted by atomic mass is 9.96. The van der Waals surface area contributed by atoms with Crippen LogP contribution in [-0.2, 0) is 0 Å². The third-order valence-corrected chi connectivity index (χ3v) is 3.15. The number of phenolic OH excluding ortho intramolecular Hbond substituents is 1. The van der Waals surface area contributed by atoms with E-state index in [9.17, 15) is 5.11 Å². The summed E-state index contributed by atoms with van der Waals surface area (Å²) in [6.45, 7) is 0. The Balaban J connectivity index is 2.24.